The number of carbonyl (C=O) groups is 5. The van der Waals surface area contributed by atoms with Crippen LogP contribution in [-0.4, -0.2) is 66.5 Å². The lowest BCUT2D eigenvalue weighted by Crippen LogP contribution is -2.38. The van der Waals surface area contributed by atoms with Crippen LogP contribution in [0.2, 0.25) is 0 Å². The van der Waals surface area contributed by atoms with Gasteiger partial charge in [-0.15, -0.1) is 0 Å². The van der Waals surface area contributed by atoms with Crippen molar-refractivity contribution in [2.45, 2.75) is 32.9 Å². The van der Waals surface area contributed by atoms with E-state index >= 15 is 0 Å². The molecule has 2 aromatic carbocycles. The SMILES string of the molecule is CCOC(=O)COc1ccc(C(=O)[C@H](C)NC(=O)c2ccc(N=CNC(=O)O[C@@H](C)C(=O)O)cc2)cc1. The number of esters is 1. The third kappa shape index (κ3) is 9.43. The van der Waals surface area contributed by atoms with Gasteiger partial charge < -0.3 is 24.6 Å². The van der Waals surface area contributed by atoms with Crippen molar-refractivity contribution in [2.75, 3.05) is 13.2 Å². The first-order valence-corrected chi connectivity index (χ1v) is 11.2. The van der Waals surface area contributed by atoms with Crippen LogP contribution in [0, 0.1) is 0 Å². The maximum Gasteiger partial charge on any atom is 0.413 e. The number of benzene rings is 2. The van der Waals surface area contributed by atoms with Crippen molar-refractivity contribution < 1.29 is 43.3 Å². The zero-order chi connectivity index (χ0) is 27.4. The minimum absolute atomic E-state index is 0.243. The van der Waals surface area contributed by atoms with Crippen molar-refractivity contribution in [1.82, 2.24) is 10.6 Å². The number of aliphatic imine (C=N–C) groups is 1. The number of Topliss-reactive ketones (excluding diaryl/α,β-unsaturated/α-hetero) is 1. The molecule has 2 aromatic rings. The van der Waals surface area contributed by atoms with Gasteiger partial charge in [0.1, 0.15) is 5.75 Å². The first-order chi connectivity index (χ1) is 17.6. The summed E-state index contributed by atoms with van der Waals surface area (Å²) in [7, 11) is 0. The van der Waals surface area contributed by atoms with E-state index in [1.54, 1.807) is 26.0 Å². The summed E-state index contributed by atoms with van der Waals surface area (Å²) in [6, 6.07) is 11.3. The second-order valence-electron chi connectivity index (χ2n) is 7.51. The second-order valence-corrected chi connectivity index (χ2v) is 7.51. The Labute approximate surface area is 212 Å². The van der Waals surface area contributed by atoms with Gasteiger partial charge in [-0.25, -0.2) is 19.4 Å². The third-order valence-electron chi connectivity index (χ3n) is 4.70. The first kappa shape index (κ1) is 28.5. The van der Waals surface area contributed by atoms with Crippen LogP contribution >= 0.6 is 0 Å². The van der Waals surface area contributed by atoms with E-state index in [1.165, 1.54) is 43.3 Å². The van der Waals surface area contributed by atoms with Crippen molar-refractivity contribution in [2.24, 2.45) is 4.99 Å². The number of rotatable bonds is 12. The van der Waals surface area contributed by atoms with Crippen molar-refractivity contribution in [3.05, 3.63) is 59.7 Å². The smallest absolute Gasteiger partial charge is 0.413 e. The van der Waals surface area contributed by atoms with Gasteiger partial charge in [-0.3, -0.25) is 14.9 Å². The minimum atomic E-state index is -1.31. The zero-order valence-electron chi connectivity index (χ0n) is 20.4. The number of carboxylic acids is 1. The van der Waals surface area contributed by atoms with E-state index in [0.717, 1.165) is 6.34 Å². The molecule has 0 heterocycles. The molecule has 0 bridgehead atoms. The molecule has 0 saturated carbocycles. The summed E-state index contributed by atoms with van der Waals surface area (Å²) in [6.07, 6.45) is -1.26. The Balaban J connectivity index is 1.86. The third-order valence-corrected chi connectivity index (χ3v) is 4.70. The summed E-state index contributed by atoms with van der Waals surface area (Å²) in [4.78, 5) is 62.6. The van der Waals surface area contributed by atoms with Crippen molar-refractivity contribution in [3.63, 3.8) is 0 Å². The Kier molecular flexibility index (Phi) is 10.8. The molecule has 37 heavy (non-hydrogen) atoms. The molecule has 12 heteroatoms. The predicted molar refractivity (Wildman–Crippen MR) is 131 cm³/mol. The van der Waals surface area contributed by atoms with Gasteiger partial charge in [-0.1, -0.05) is 0 Å². The number of aliphatic carboxylic acids is 1. The first-order valence-electron chi connectivity index (χ1n) is 11.2. The highest BCUT2D eigenvalue weighted by Gasteiger charge is 2.19. The maximum atomic E-state index is 12.7. The fraction of sp³-hybridized carbons (Fsp3) is 0.280. The summed E-state index contributed by atoms with van der Waals surface area (Å²) in [6.45, 7) is 4.47. The van der Waals surface area contributed by atoms with Crippen LogP contribution in [0.1, 0.15) is 41.5 Å². The molecule has 2 atom stereocenters. The van der Waals surface area contributed by atoms with E-state index in [-0.39, 0.29) is 24.6 Å². The van der Waals surface area contributed by atoms with Crippen LogP contribution in [0.5, 0.6) is 5.75 Å². The highest BCUT2D eigenvalue weighted by molar-refractivity contribution is 6.04. The standard InChI is InChI=1S/C25H27N3O9/c1-4-35-21(29)13-36-20-11-7-17(8-12-20)22(30)15(2)28-23(31)18-5-9-19(10-6-18)26-14-27-25(34)37-16(3)24(32)33/h5-12,14-16H,4,13H2,1-3H3,(H,28,31)(H,32,33)(H,26,27,34)/t15-,16-/m0/s1. The van der Waals surface area contributed by atoms with E-state index in [9.17, 15) is 24.0 Å². The van der Waals surface area contributed by atoms with E-state index in [2.05, 4.69) is 20.4 Å². The number of hydrogen-bond donors (Lipinski definition) is 3. The van der Waals surface area contributed by atoms with Crippen molar-refractivity contribution in [3.8, 4) is 5.75 Å². The monoisotopic (exact) mass is 513 g/mol. The molecule has 0 aromatic heterocycles. The Hall–Kier alpha value is -4.74. The van der Waals surface area contributed by atoms with Crippen LogP contribution in [0.15, 0.2) is 53.5 Å². The molecule has 0 saturated heterocycles. The molecule has 12 nitrogen and oxygen atoms in total. The Morgan fingerprint density at radius 2 is 1.59 bits per heavy atom. The van der Waals surface area contributed by atoms with Crippen LogP contribution in [0.25, 0.3) is 0 Å². The summed E-state index contributed by atoms with van der Waals surface area (Å²) < 4.78 is 14.7. The average Bonchev–Trinajstić information content (AvgIpc) is 2.87. The van der Waals surface area contributed by atoms with Crippen LogP contribution in [-0.2, 0) is 19.1 Å². The largest absolute Gasteiger partial charge is 0.482 e. The summed E-state index contributed by atoms with van der Waals surface area (Å²) >= 11 is 0. The highest BCUT2D eigenvalue weighted by Crippen LogP contribution is 2.15. The average molecular weight is 514 g/mol. The summed E-state index contributed by atoms with van der Waals surface area (Å²) in [5.74, 6) is -2.18. The summed E-state index contributed by atoms with van der Waals surface area (Å²) in [5, 5.41) is 13.5. The molecule has 0 fully saturated rings. The van der Waals surface area contributed by atoms with E-state index < -0.39 is 36.1 Å². The van der Waals surface area contributed by atoms with E-state index in [0.29, 0.717) is 17.0 Å². The maximum absolute atomic E-state index is 12.7. The van der Waals surface area contributed by atoms with E-state index in [1.807, 2.05) is 0 Å². The van der Waals surface area contributed by atoms with Gasteiger partial charge in [0.15, 0.2) is 18.5 Å². The van der Waals surface area contributed by atoms with Gasteiger partial charge in [0.25, 0.3) is 5.91 Å². The number of alkyl carbamates (subject to hydrolysis) is 1. The molecule has 0 radical (unpaired) electrons. The predicted octanol–water partition coefficient (Wildman–Crippen LogP) is 2.49. The zero-order valence-corrected chi connectivity index (χ0v) is 20.4. The molecule has 0 spiro atoms. The molecule has 0 aliphatic heterocycles. The van der Waals surface area contributed by atoms with Gasteiger partial charge in [0.2, 0.25) is 0 Å². The number of nitrogens with one attached hydrogen (secondary N) is 2. The van der Waals surface area contributed by atoms with Gasteiger partial charge in [0, 0.05) is 11.1 Å². The quantitative estimate of drug-likeness (QED) is 0.167. The van der Waals surface area contributed by atoms with Crippen LogP contribution in [0.4, 0.5) is 10.5 Å². The number of nitrogens with zero attached hydrogens (tertiary/aromatic N) is 1. The number of amides is 2. The molecular weight excluding hydrogens is 486 g/mol. The molecule has 196 valence electrons. The number of hydrogen-bond acceptors (Lipinski definition) is 9. The lowest BCUT2D eigenvalue weighted by Gasteiger charge is -2.13. The fourth-order valence-electron chi connectivity index (χ4n) is 2.76. The minimum Gasteiger partial charge on any atom is -0.482 e. The summed E-state index contributed by atoms with van der Waals surface area (Å²) in [5.41, 5.74) is 1.03. The Bertz CT molecular complexity index is 1150. The van der Waals surface area contributed by atoms with Gasteiger partial charge >= 0.3 is 18.0 Å². The van der Waals surface area contributed by atoms with Crippen LogP contribution < -0.4 is 15.4 Å². The van der Waals surface area contributed by atoms with Crippen molar-refractivity contribution in [1.29, 1.82) is 0 Å². The topological polar surface area (TPSA) is 170 Å². The molecule has 0 aliphatic rings. The van der Waals surface area contributed by atoms with Crippen molar-refractivity contribution >= 4 is 41.7 Å². The lowest BCUT2D eigenvalue weighted by atomic mass is 10.0. The molecule has 2 amide bonds. The number of ketones is 1. The van der Waals surface area contributed by atoms with Gasteiger partial charge in [-0.2, -0.15) is 0 Å². The fourth-order valence-corrected chi connectivity index (χ4v) is 2.76. The van der Waals surface area contributed by atoms with Crippen LogP contribution in [0.3, 0.4) is 0 Å². The number of carbonyl (C=O) groups excluding carboxylic acids is 4. The molecule has 0 unspecified atom stereocenters. The van der Waals surface area contributed by atoms with E-state index in [4.69, 9.17) is 14.6 Å². The normalized spacial score (nSPS) is 12.2. The molecule has 3 N–H and O–H groups in total. The lowest BCUT2D eigenvalue weighted by molar-refractivity contribution is -0.146. The number of carboxylic acid groups (broad SMARTS) is 1. The highest BCUT2D eigenvalue weighted by atomic mass is 16.6. The van der Waals surface area contributed by atoms with Gasteiger partial charge in [0.05, 0.1) is 24.7 Å². The van der Waals surface area contributed by atoms with Gasteiger partial charge in [-0.05, 0) is 69.3 Å². The Morgan fingerprint density at radius 1 is 0.973 bits per heavy atom. The molecule has 2 rings (SSSR count). The molecule has 0 aliphatic carbocycles. The second kappa shape index (κ2) is 14.0. The number of ether oxygens (including phenoxy) is 3. The Morgan fingerprint density at radius 3 is 2.19 bits per heavy atom. The molecular formula is C25H27N3O9.